The Balaban J connectivity index is 2.59. The zero-order valence-corrected chi connectivity index (χ0v) is 7.54. The van der Waals surface area contributed by atoms with E-state index in [4.69, 9.17) is 11.6 Å². The molecule has 0 saturated heterocycles. The highest BCUT2D eigenvalue weighted by Crippen LogP contribution is 2.34. The quantitative estimate of drug-likeness (QED) is 0.560. The first kappa shape index (κ1) is 8.89. The summed E-state index contributed by atoms with van der Waals surface area (Å²) in [5.41, 5.74) is 0.118. The Morgan fingerprint density at radius 1 is 1.64 bits per heavy atom. The molecule has 0 saturated carbocycles. The topological polar surface area (TPSA) is 85.1 Å². The Hall–Kier alpha value is -1.69. The van der Waals surface area contributed by atoms with Crippen LogP contribution in [0.1, 0.15) is 5.56 Å². The predicted octanol–water partition coefficient (Wildman–Crippen LogP) is 1.14. The predicted molar refractivity (Wildman–Crippen MR) is 48.2 cm³/mol. The number of nitrogens with zero attached hydrogens (tertiary/aromatic N) is 2. The maximum Gasteiger partial charge on any atom is 0.306 e. The molecule has 1 aromatic rings. The molecule has 2 heterocycles. The Kier molecular flexibility index (Phi) is 1.85. The molecule has 0 bridgehead atoms. The molecular formula is C7H4ClN3O3. The van der Waals surface area contributed by atoms with Gasteiger partial charge in [-0.15, -0.1) is 0 Å². The number of nitro groups is 1. The van der Waals surface area contributed by atoms with Gasteiger partial charge in [0, 0.05) is 5.56 Å². The van der Waals surface area contributed by atoms with E-state index in [0.29, 0.717) is 11.4 Å². The minimum absolute atomic E-state index is 0.0154. The molecule has 1 aromatic heterocycles. The lowest BCUT2D eigenvalue weighted by Gasteiger charge is -1.99. The van der Waals surface area contributed by atoms with Crippen LogP contribution in [-0.4, -0.2) is 15.8 Å². The Morgan fingerprint density at radius 3 is 3.00 bits per heavy atom. The van der Waals surface area contributed by atoms with Gasteiger partial charge >= 0.3 is 5.69 Å². The summed E-state index contributed by atoms with van der Waals surface area (Å²) in [4.78, 5) is 24.5. The largest absolute Gasteiger partial charge is 0.310 e. The second-order valence-electron chi connectivity index (χ2n) is 2.77. The summed E-state index contributed by atoms with van der Waals surface area (Å²) in [5, 5.41) is 12.9. The van der Waals surface area contributed by atoms with E-state index in [1.54, 1.807) is 0 Å². The van der Waals surface area contributed by atoms with Gasteiger partial charge in [-0.2, -0.15) is 0 Å². The van der Waals surface area contributed by atoms with Crippen molar-refractivity contribution in [1.29, 1.82) is 0 Å². The van der Waals surface area contributed by atoms with E-state index in [-0.39, 0.29) is 23.0 Å². The second-order valence-corrected chi connectivity index (χ2v) is 3.14. The minimum Gasteiger partial charge on any atom is -0.310 e. The molecule has 0 aromatic carbocycles. The summed E-state index contributed by atoms with van der Waals surface area (Å²) < 4.78 is 0. The molecule has 72 valence electrons. The molecule has 1 amide bonds. The summed E-state index contributed by atoms with van der Waals surface area (Å²) in [6.07, 6.45) is 1.08. The molecule has 6 nitrogen and oxygen atoms in total. The van der Waals surface area contributed by atoms with Crippen molar-refractivity contribution in [1.82, 2.24) is 4.98 Å². The monoisotopic (exact) mass is 213 g/mol. The number of pyridine rings is 1. The summed E-state index contributed by atoms with van der Waals surface area (Å²) in [6.45, 7) is 0. The van der Waals surface area contributed by atoms with E-state index in [9.17, 15) is 14.9 Å². The summed E-state index contributed by atoms with van der Waals surface area (Å²) in [6, 6.07) is 0. The molecule has 0 radical (unpaired) electrons. The van der Waals surface area contributed by atoms with Crippen molar-refractivity contribution in [2.45, 2.75) is 6.42 Å². The number of nitrogens with one attached hydrogen (secondary N) is 1. The van der Waals surface area contributed by atoms with Crippen molar-refractivity contribution in [3.05, 3.63) is 26.9 Å². The molecule has 1 aliphatic heterocycles. The first-order chi connectivity index (χ1) is 6.59. The van der Waals surface area contributed by atoms with Crippen LogP contribution in [0.5, 0.6) is 0 Å². The van der Waals surface area contributed by atoms with Crippen LogP contribution in [0.2, 0.25) is 5.02 Å². The van der Waals surface area contributed by atoms with Gasteiger partial charge in [-0.05, 0) is 0 Å². The van der Waals surface area contributed by atoms with Crippen LogP contribution in [0.4, 0.5) is 11.5 Å². The van der Waals surface area contributed by atoms with Gasteiger partial charge in [-0.1, -0.05) is 11.6 Å². The highest BCUT2D eigenvalue weighted by Gasteiger charge is 2.27. The maximum atomic E-state index is 11.0. The lowest BCUT2D eigenvalue weighted by Crippen LogP contribution is -2.04. The lowest BCUT2D eigenvalue weighted by molar-refractivity contribution is -0.385. The number of amides is 1. The molecule has 1 N–H and O–H groups in total. The number of halogens is 1. The average Bonchev–Trinajstić information content (AvgIpc) is 2.46. The molecule has 0 atom stereocenters. The molecule has 0 spiro atoms. The summed E-state index contributed by atoms with van der Waals surface area (Å²) in [7, 11) is 0. The molecule has 0 unspecified atom stereocenters. The van der Waals surface area contributed by atoms with Gasteiger partial charge in [-0.25, -0.2) is 4.98 Å². The third-order valence-corrected chi connectivity index (χ3v) is 2.31. The summed E-state index contributed by atoms with van der Waals surface area (Å²) >= 11 is 5.74. The van der Waals surface area contributed by atoms with Crippen molar-refractivity contribution in [3.8, 4) is 0 Å². The molecule has 0 aliphatic carbocycles. The van der Waals surface area contributed by atoms with Gasteiger partial charge < -0.3 is 5.32 Å². The molecule has 1 aliphatic rings. The average molecular weight is 214 g/mol. The highest BCUT2D eigenvalue weighted by molar-refractivity contribution is 6.34. The number of anilines is 1. The normalized spacial score (nSPS) is 13.6. The third kappa shape index (κ3) is 1.20. The van der Waals surface area contributed by atoms with Crippen LogP contribution in [-0.2, 0) is 11.2 Å². The van der Waals surface area contributed by atoms with Crippen LogP contribution in [0.25, 0.3) is 0 Å². The van der Waals surface area contributed by atoms with Gasteiger partial charge in [0.2, 0.25) is 5.91 Å². The van der Waals surface area contributed by atoms with Crippen LogP contribution in [0.15, 0.2) is 6.20 Å². The zero-order valence-electron chi connectivity index (χ0n) is 6.78. The van der Waals surface area contributed by atoms with E-state index in [0.717, 1.165) is 6.20 Å². The second kappa shape index (κ2) is 2.91. The SMILES string of the molecule is O=C1Cc2c(ncc([N+](=O)[O-])c2Cl)N1. The van der Waals surface area contributed by atoms with Crippen LogP contribution >= 0.6 is 11.6 Å². The fourth-order valence-electron chi connectivity index (χ4n) is 1.25. The van der Waals surface area contributed by atoms with Crippen LogP contribution in [0.3, 0.4) is 0 Å². The number of carbonyl (C=O) groups excluding carboxylic acids is 1. The molecule has 7 heteroatoms. The lowest BCUT2D eigenvalue weighted by atomic mass is 10.2. The first-order valence-corrected chi connectivity index (χ1v) is 4.09. The number of rotatable bonds is 1. The Morgan fingerprint density at radius 2 is 2.36 bits per heavy atom. The fraction of sp³-hybridized carbons (Fsp3) is 0.143. The maximum absolute atomic E-state index is 11.0. The fourth-order valence-corrected chi connectivity index (χ4v) is 1.53. The third-order valence-electron chi connectivity index (χ3n) is 1.88. The van der Waals surface area contributed by atoms with Gasteiger partial charge in [-0.3, -0.25) is 14.9 Å². The van der Waals surface area contributed by atoms with Crippen molar-refractivity contribution >= 4 is 29.0 Å². The highest BCUT2D eigenvalue weighted by atomic mass is 35.5. The van der Waals surface area contributed by atoms with Crippen molar-refractivity contribution in [2.75, 3.05) is 5.32 Å². The standard InChI is InChI=1S/C7H4ClN3O3/c8-6-3-1-5(12)10-7(3)9-2-4(6)11(13)14/h2H,1H2,(H,9,10,12). The zero-order chi connectivity index (χ0) is 10.3. The molecule has 2 rings (SSSR count). The molecule has 0 fully saturated rings. The number of hydrogen-bond donors (Lipinski definition) is 1. The smallest absolute Gasteiger partial charge is 0.306 e. The number of hydrogen-bond acceptors (Lipinski definition) is 4. The number of carbonyl (C=O) groups is 1. The van der Waals surface area contributed by atoms with Gasteiger partial charge in [0.25, 0.3) is 0 Å². The van der Waals surface area contributed by atoms with Gasteiger partial charge in [0.15, 0.2) is 0 Å². The number of aromatic nitrogens is 1. The van der Waals surface area contributed by atoms with Crippen molar-refractivity contribution in [3.63, 3.8) is 0 Å². The van der Waals surface area contributed by atoms with Gasteiger partial charge in [0.1, 0.15) is 17.0 Å². The summed E-state index contributed by atoms with van der Waals surface area (Å²) in [5.74, 6) is 0.0560. The molecular weight excluding hydrogens is 210 g/mol. The Labute approximate surface area is 83.0 Å². The van der Waals surface area contributed by atoms with E-state index < -0.39 is 4.92 Å². The van der Waals surface area contributed by atoms with E-state index in [2.05, 4.69) is 10.3 Å². The van der Waals surface area contributed by atoms with Crippen molar-refractivity contribution < 1.29 is 9.72 Å². The van der Waals surface area contributed by atoms with E-state index in [1.807, 2.05) is 0 Å². The van der Waals surface area contributed by atoms with Gasteiger partial charge in [0.05, 0.1) is 11.3 Å². The van der Waals surface area contributed by atoms with Crippen LogP contribution in [0, 0.1) is 10.1 Å². The van der Waals surface area contributed by atoms with Crippen molar-refractivity contribution in [2.24, 2.45) is 0 Å². The van der Waals surface area contributed by atoms with E-state index in [1.165, 1.54) is 0 Å². The van der Waals surface area contributed by atoms with E-state index >= 15 is 0 Å². The van der Waals surface area contributed by atoms with Crippen LogP contribution < -0.4 is 5.32 Å². The Bertz CT molecular complexity index is 446. The number of fused-ring (bicyclic) bond motifs is 1. The molecule has 14 heavy (non-hydrogen) atoms. The first-order valence-electron chi connectivity index (χ1n) is 3.71. The minimum atomic E-state index is -0.627.